The van der Waals surface area contributed by atoms with Gasteiger partial charge in [-0.2, -0.15) is 0 Å². The molecule has 1 aliphatic heterocycles. The van der Waals surface area contributed by atoms with E-state index in [0.29, 0.717) is 13.2 Å². The third-order valence-electron chi connectivity index (χ3n) is 4.42. The van der Waals surface area contributed by atoms with Gasteiger partial charge in [0.25, 0.3) is 0 Å². The number of rotatable bonds is 10. The summed E-state index contributed by atoms with van der Waals surface area (Å²) in [6, 6.07) is 8.50. The smallest absolute Gasteiger partial charge is 0.191 e. The maximum Gasteiger partial charge on any atom is 0.191 e. The van der Waals surface area contributed by atoms with Gasteiger partial charge in [0, 0.05) is 26.2 Å². The number of morpholine rings is 1. The number of hydrogen-bond donors (Lipinski definition) is 2. The van der Waals surface area contributed by atoms with Gasteiger partial charge in [0.2, 0.25) is 0 Å². The Morgan fingerprint density at radius 3 is 2.52 bits per heavy atom. The van der Waals surface area contributed by atoms with Gasteiger partial charge in [-0.05, 0) is 44.9 Å². The second-order valence-corrected chi connectivity index (χ2v) is 7.11. The molecule has 1 fully saturated rings. The van der Waals surface area contributed by atoms with Gasteiger partial charge in [-0.15, -0.1) is 0 Å². The van der Waals surface area contributed by atoms with Crippen molar-refractivity contribution in [1.82, 2.24) is 15.5 Å². The molecule has 1 aromatic carbocycles. The largest absolute Gasteiger partial charge is 0.379 e. The normalized spacial score (nSPS) is 15.9. The first-order chi connectivity index (χ1) is 13.2. The summed E-state index contributed by atoms with van der Waals surface area (Å²) in [6.45, 7) is 14.2. The average Bonchev–Trinajstić information content (AvgIpc) is 2.69. The van der Waals surface area contributed by atoms with Crippen LogP contribution in [-0.2, 0) is 22.6 Å². The molecule has 1 aromatic rings. The van der Waals surface area contributed by atoms with Crippen molar-refractivity contribution in [1.29, 1.82) is 0 Å². The summed E-state index contributed by atoms with van der Waals surface area (Å²) in [5.74, 6) is 0.881. The summed E-state index contributed by atoms with van der Waals surface area (Å²) in [7, 11) is 0. The van der Waals surface area contributed by atoms with Crippen LogP contribution < -0.4 is 10.6 Å². The van der Waals surface area contributed by atoms with E-state index in [4.69, 9.17) is 14.5 Å². The molecule has 6 nitrogen and oxygen atoms in total. The number of aliphatic imine (C=N–C) groups is 1. The fraction of sp³-hybridized carbons (Fsp3) is 0.667. The molecule has 0 saturated carbocycles. The summed E-state index contributed by atoms with van der Waals surface area (Å²) in [5.41, 5.74) is 2.40. The lowest BCUT2D eigenvalue weighted by Gasteiger charge is -2.26. The molecule has 0 aromatic heterocycles. The highest BCUT2D eigenvalue weighted by Crippen LogP contribution is 2.08. The van der Waals surface area contributed by atoms with Crippen LogP contribution in [0, 0.1) is 0 Å². The molecule has 6 heteroatoms. The third-order valence-corrected chi connectivity index (χ3v) is 4.42. The molecule has 1 aliphatic rings. The first kappa shape index (κ1) is 21.7. The van der Waals surface area contributed by atoms with Crippen molar-refractivity contribution in [2.75, 3.05) is 45.9 Å². The maximum atomic E-state index is 5.64. The van der Waals surface area contributed by atoms with Gasteiger partial charge >= 0.3 is 0 Å². The van der Waals surface area contributed by atoms with Crippen LogP contribution in [0.4, 0.5) is 0 Å². The monoisotopic (exact) mass is 376 g/mol. The Morgan fingerprint density at radius 2 is 1.85 bits per heavy atom. The number of guanidine groups is 1. The summed E-state index contributed by atoms with van der Waals surface area (Å²) < 4.78 is 11.0. The summed E-state index contributed by atoms with van der Waals surface area (Å²) in [6.07, 6.45) is 1.36. The van der Waals surface area contributed by atoms with Gasteiger partial charge in [-0.1, -0.05) is 24.3 Å². The fourth-order valence-corrected chi connectivity index (χ4v) is 2.85. The average molecular weight is 377 g/mol. The molecular formula is C21H36N4O2. The van der Waals surface area contributed by atoms with E-state index in [1.54, 1.807) is 0 Å². The molecule has 27 heavy (non-hydrogen) atoms. The molecule has 2 N–H and O–H groups in total. The summed E-state index contributed by atoms with van der Waals surface area (Å²) >= 11 is 0. The number of benzene rings is 1. The highest BCUT2D eigenvalue weighted by atomic mass is 16.5. The molecule has 0 unspecified atom stereocenters. The van der Waals surface area contributed by atoms with Gasteiger partial charge in [0.15, 0.2) is 5.96 Å². The van der Waals surface area contributed by atoms with Crippen LogP contribution >= 0.6 is 0 Å². The first-order valence-electron chi connectivity index (χ1n) is 10.2. The molecule has 0 radical (unpaired) electrons. The van der Waals surface area contributed by atoms with Crippen LogP contribution in [0.2, 0.25) is 0 Å². The molecule has 152 valence electrons. The minimum atomic E-state index is 0.256. The van der Waals surface area contributed by atoms with E-state index in [2.05, 4.69) is 60.6 Å². The summed E-state index contributed by atoms with van der Waals surface area (Å²) in [5, 5.41) is 6.76. The highest BCUT2D eigenvalue weighted by molar-refractivity contribution is 5.79. The van der Waals surface area contributed by atoms with E-state index >= 15 is 0 Å². The van der Waals surface area contributed by atoms with Gasteiger partial charge in [-0.25, -0.2) is 4.99 Å². The lowest BCUT2D eigenvalue weighted by atomic mass is 10.1. The lowest BCUT2D eigenvalue weighted by Crippen LogP contribution is -2.40. The zero-order chi connectivity index (χ0) is 19.3. The maximum absolute atomic E-state index is 5.64. The SMILES string of the molecule is CCNC(=NCc1ccc(COC(C)C)cc1)NCCCN1CCOCC1. The minimum Gasteiger partial charge on any atom is -0.379 e. The predicted octanol–water partition coefficient (Wildman–Crippen LogP) is 2.39. The van der Waals surface area contributed by atoms with Crippen molar-refractivity contribution in [2.45, 2.75) is 46.4 Å². The molecule has 0 amide bonds. The molecule has 0 atom stereocenters. The Balaban J connectivity index is 1.73. The van der Waals surface area contributed by atoms with Crippen LogP contribution in [0.3, 0.4) is 0 Å². The van der Waals surface area contributed by atoms with Crippen LogP contribution in [0.5, 0.6) is 0 Å². The quantitative estimate of drug-likeness (QED) is 0.373. The highest BCUT2D eigenvalue weighted by Gasteiger charge is 2.09. The Hall–Kier alpha value is -1.63. The van der Waals surface area contributed by atoms with E-state index < -0.39 is 0 Å². The van der Waals surface area contributed by atoms with Crippen LogP contribution in [0.25, 0.3) is 0 Å². The van der Waals surface area contributed by atoms with E-state index in [1.807, 2.05) is 0 Å². The van der Waals surface area contributed by atoms with Gasteiger partial charge in [0.05, 0.1) is 32.5 Å². The van der Waals surface area contributed by atoms with Crippen molar-refractivity contribution >= 4 is 5.96 Å². The Bertz CT molecular complexity index is 540. The van der Waals surface area contributed by atoms with Gasteiger partial charge in [-0.3, -0.25) is 4.90 Å². The Kier molecular flexibility index (Phi) is 10.2. The number of hydrogen-bond acceptors (Lipinski definition) is 4. The molecule has 0 spiro atoms. The van der Waals surface area contributed by atoms with E-state index in [-0.39, 0.29) is 6.10 Å². The Morgan fingerprint density at radius 1 is 1.15 bits per heavy atom. The molecule has 0 aliphatic carbocycles. The zero-order valence-corrected chi connectivity index (χ0v) is 17.2. The second kappa shape index (κ2) is 12.7. The van der Waals surface area contributed by atoms with Gasteiger partial charge in [0.1, 0.15) is 0 Å². The topological polar surface area (TPSA) is 58.1 Å². The predicted molar refractivity (Wildman–Crippen MR) is 111 cm³/mol. The van der Waals surface area contributed by atoms with Crippen LogP contribution in [-0.4, -0.2) is 62.9 Å². The summed E-state index contributed by atoms with van der Waals surface area (Å²) in [4.78, 5) is 7.16. The molecule has 2 rings (SSSR count). The fourth-order valence-electron chi connectivity index (χ4n) is 2.85. The second-order valence-electron chi connectivity index (χ2n) is 7.11. The van der Waals surface area contributed by atoms with Gasteiger partial charge < -0.3 is 20.1 Å². The zero-order valence-electron chi connectivity index (χ0n) is 17.2. The van der Waals surface area contributed by atoms with E-state index in [9.17, 15) is 0 Å². The van der Waals surface area contributed by atoms with Crippen molar-refractivity contribution in [3.8, 4) is 0 Å². The van der Waals surface area contributed by atoms with Crippen molar-refractivity contribution in [3.63, 3.8) is 0 Å². The molecular weight excluding hydrogens is 340 g/mol. The van der Waals surface area contributed by atoms with Crippen LogP contribution in [0.15, 0.2) is 29.3 Å². The van der Waals surface area contributed by atoms with Crippen molar-refractivity contribution in [3.05, 3.63) is 35.4 Å². The molecule has 0 bridgehead atoms. The number of ether oxygens (including phenoxy) is 2. The third kappa shape index (κ3) is 9.22. The van der Waals surface area contributed by atoms with E-state index in [1.165, 1.54) is 11.1 Å². The standard InChI is InChI=1S/C21H36N4O2/c1-4-22-21(23-10-5-11-25-12-14-26-15-13-25)24-16-19-6-8-20(9-7-19)17-27-18(2)3/h6-9,18H,4-5,10-17H2,1-3H3,(H2,22,23,24). The number of nitrogens with zero attached hydrogens (tertiary/aromatic N) is 2. The number of nitrogens with one attached hydrogen (secondary N) is 2. The Labute approximate surface area is 164 Å². The van der Waals surface area contributed by atoms with Crippen LogP contribution in [0.1, 0.15) is 38.3 Å². The molecule has 1 heterocycles. The lowest BCUT2D eigenvalue weighted by molar-refractivity contribution is 0.0376. The van der Waals surface area contributed by atoms with Crippen molar-refractivity contribution < 1.29 is 9.47 Å². The molecule has 1 saturated heterocycles. The minimum absolute atomic E-state index is 0.256. The first-order valence-corrected chi connectivity index (χ1v) is 10.2. The van der Waals surface area contributed by atoms with Crippen molar-refractivity contribution in [2.24, 2.45) is 4.99 Å². The van der Waals surface area contributed by atoms with E-state index in [0.717, 1.165) is 58.3 Å².